The number of hydrogen-bond acceptors (Lipinski definition) is 8. The van der Waals surface area contributed by atoms with Gasteiger partial charge in [0.25, 0.3) is 0 Å². The lowest BCUT2D eigenvalue weighted by Gasteiger charge is -2.39. The first-order chi connectivity index (χ1) is 15.9. The summed E-state index contributed by atoms with van der Waals surface area (Å²) in [5.74, 6) is 0.434. The van der Waals surface area contributed by atoms with Gasteiger partial charge in [0.2, 0.25) is 6.29 Å². The highest BCUT2D eigenvalue weighted by molar-refractivity contribution is 5.88. The summed E-state index contributed by atoms with van der Waals surface area (Å²) in [6.07, 6.45) is -3.67. The van der Waals surface area contributed by atoms with Crippen LogP contribution in [0.3, 0.4) is 0 Å². The Labute approximate surface area is 189 Å². The Kier molecular flexibility index (Phi) is 5.81. The SMILES string of the molecule is Cc1cc(OC2OC(CO)C(O)C(O)C2O)c2c(CCc3ccc4occc4c3)[nH]nc2c1. The monoisotopic (exact) mass is 454 g/mol. The minimum Gasteiger partial charge on any atom is -0.464 e. The van der Waals surface area contributed by atoms with Crippen LogP contribution in [-0.2, 0) is 17.6 Å². The van der Waals surface area contributed by atoms with Crippen molar-refractivity contribution >= 4 is 21.9 Å². The second-order valence-electron chi connectivity index (χ2n) is 8.47. The first-order valence-electron chi connectivity index (χ1n) is 10.9. The van der Waals surface area contributed by atoms with E-state index in [1.165, 1.54) is 0 Å². The summed E-state index contributed by atoms with van der Waals surface area (Å²) in [4.78, 5) is 0. The Hall–Kier alpha value is -2.95. The van der Waals surface area contributed by atoms with Gasteiger partial charge in [0.15, 0.2) is 0 Å². The molecule has 3 heterocycles. The molecule has 1 aliphatic rings. The number of aryl methyl sites for hydroxylation is 3. The maximum atomic E-state index is 10.4. The standard InChI is InChI=1S/C24H26N2O7/c1-12-8-16-20(18(9-12)32-24-23(30)22(29)21(28)19(11-27)33-24)15(25-26-16)4-2-13-3-5-17-14(10-13)6-7-31-17/h3,5-10,19,21-24,27-30H,2,4,11H2,1H3,(H,25,26). The Morgan fingerprint density at radius 1 is 1.03 bits per heavy atom. The van der Waals surface area contributed by atoms with Crippen LogP contribution in [0.4, 0.5) is 0 Å². The molecular formula is C24H26N2O7. The highest BCUT2D eigenvalue weighted by Crippen LogP contribution is 2.33. The van der Waals surface area contributed by atoms with Crippen LogP contribution in [0.1, 0.15) is 16.8 Å². The van der Waals surface area contributed by atoms with Crippen molar-refractivity contribution in [3.05, 3.63) is 59.5 Å². The number of aliphatic hydroxyl groups is 4. The smallest absolute Gasteiger partial charge is 0.229 e. The average molecular weight is 454 g/mol. The van der Waals surface area contributed by atoms with Crippen molar-refractivity contribution in [3.8, 4) is 5.75 Å². The van der Waals surface area contributed by atoms with E-state index in [0.717, 1.165) is 39.6 Å². The summed E-state index contributed by atoms with van der Waals surface area (Å²) in [5, 5.41) is 49.3. The number of H-pyrrole nitrogens is 1. The van der Waals surface area contributed by atoms with Gasteiger partial charge in [-0.1, -0.05) is 6.07 Å². The van der Waals surface area contributed by atoms with Gasteiger partial charge >= 0.3 is 0 Å². The number of aliphatic hydroxyl groups excluding tert-OH is 4. The molecule has 1 fully saturated rings. The number of aromatic amines is 1. The fourth-order valence-electron chi connectivity index (χ4n) is 4.31. The predicted octanol–water partition coefficient (Wildman–Crippen LogP) is 1.58. The molecule has 5 unspecified atom stereocenters. The normalized spacial score (nSPS) is 25.7. The minimum atomic E-state index is -1.51. The molecule has 4 aromatic rings. The predicted molar refractivity (Wildman–Crippen MR) is 119 cm³/mol. The van der Waals surface area contributed by atoms with E-state index in [1.807, 2.05) is 31.2 Å². The highest BCUT2D eigenvalue weighted by Gasteiger charge is 2.44. The van der Waals surface area contributed by atoms with Crippen molar-refractivity contribution in [3.63, 3.8) is 0 Å². The van der Waals surface area contributed by atoms with Crippen LogP contribution in [-0.4, -0.2) is 67.9 Å². The highest BCUT2D eigenvalue weighted by atomic mass is 16.7. The maximum absolute atomic E-state index is 10.4. The molecule has 0 spiro atoms. The van der Waals surface area contributed by atoms with Crippen molar-refractivity contribution in [1.29, 1.82) is 0 Å². The van der Waals surface area contributed by atoms with Gasteiger partial charge in [-0.05, 0) is 61.2 Å². The van der Waals surface area contributed by atoms with Crippen LogP contribution in [0, 0.1) is 6.92 Å². The zero-order chi connectivity index (χ0) is 23.1. The van der Waals surface area contributed by atoms with E-state index in [0.29, 0.717) is 17.7 Å². The number of fused-ring (bicyclic) bond motifs is 2. The quantitative estimate of drug-likeness (QED) is 0.296. The number of nitrogens with one attached hydrogen (secondary N) is 1. The number of nitrogens with zero attached hydrogens (tertiary/aromatic N) is 1. The van der Waals surface area contributed by atoms with Gasteiger partial charge in [-0.15, -0.1) is 0 Å². The second-order valence-corrected chi connectivity index (χ2v) is 8.47. The zero-order valence-corrected chi connectivity index (χ0v) is 18.0. The van der Waals surface area contributed by atoms with Crippen molar-refractivity contribution in [2.75, 3.05) is 6.61 Å². The summed E-state index contributed by atoms with van der Waals surface area (Å²) in [7, 11) is 0. The average Bonchev–Trinajstić information content (AvgIpc) is 3.44. The second kappa shape index (κ2) is 8.77. The van der Waals surface area contributed by atoms with Gasteiger partial charge in [-0.25, -0.2) is 0 Å². The van der Waals surface area contributed by atoms with E-state index >= 15 is 0 Å². The Bertz CT molecular complexity index is 1260. The lowest BCUT2D eigenvalue weighted by Crippen LogP contribution is -2.60. The van der Waals surface area contributed by atoms with Crippen molar-refractivity contribution in [1.82, 2.24) is 10.2 Å². The number of benzene rings is 2. The van der Waals surface area contributed by atoms with Crippen molar-refractivity contribution in [2.24, 2.45) is 0 Å². The Balaban J connectivity index is 1.42. The van der Waals surface area contributed by atoms with E-state index in [9.17, 15) is 20.4 Å². The van der Waals surface area contributed by atoms with Gasteiger partial charge in [-0.3, -0.25) is 5.10 Å². The number of hydrogen-bond donors (Lipinski definition) is 5. The van der Waals surface area contributed by atoms with E-state index in [4.69, 9.17) is 13.9 Å². The molecule has 2 aromatic carbocycles. The molecule has 2 aromatic heterocycles. The van der Waals surface area contributed by atoms with E-state index in [1.54, 1.807) is 12.3 Å². The molecule has 1 saturated heterocycles. The molecular weight excluding hydrogens is 428 g/mol. The van der Waals surface area contributed by atoms with Gasteiger partial charge in [-0.2, -0.15) is 5.10 Å². The Morgan fingerprint density at radius 3 is 2.70 bits per heavy atom. The largest absolute Gasteiger partial charge is 0.464 e. The third-order valence-corrected chi connectivity index (χ3v) is 6.11. The van der Waals surface area contributed by atoms with E-state index < -0.39 is 37.3 Å². The third-order valence-electron chi connectivity index (χ3n) is 6.11. The fraction of sp³-hybridized carbons (Fsp3) is 0.375. The number of aromatic nitrogens is 2. The molecule has 174 valence electrons. The van der Waals surface area contributed by atoms with Crippen LogP contribution in [0.5, 0.6) is 5.75 Å². The molecule has 9 heteroatoms. The summed E-state index contributed by atoms with van der Waals surface area (Å²) >= 11 is 0. The summed E-state index contributed by atoms with van der Waals surface area (Å²) in [5.41, 5.74) is 4.45. The molecule has 1 aliphatic heterocycles. The maximum Gasteiger partial charge on any atom is 0.229 e. The topological polar surface area (TPSA) is 141 Å². The minimum absolute atomic E-state index is 0.434. The molecule has 0 aliphatic carbocycles. The molecule has 0 bridgehead atoms. The van der Waals surface area contributed by atoms with Crippen LogP contribution < -0.4 is 4.74 Å². The number of rotatable bonds is 6. The zero-order valence-electron chi connectivity index (χ0n) is 18.0. The van der Waals surface area contributed by atoms with Crippen LogP contribution in [0.2, 0.25) is 0 Å². The van der Waals surface area contributed by atoms with Crippen LogP contribution in [0.25, 0.3) is 21.9 Å². The van der Waals surface area contributed by atoms with Gasteiger partial charge in [0.1, 0.15) is 35.7 Å². The van der Waals surface area contributed by atoms with Gasteiger partial charge < -0.3 is 34.3 Å². The fourth-order valence-corrected chi connectivity index (χ4v) is 4.31. The molecule has 0 radical (unpaired) electrons. The van der Waals surface area contributed by atoms with Gasteiger partial charge in [0, 0.05) is 11.1 Å². The molecule has 0 amide bonds. The third kappa shape index (κ3) is 4.09. The summed E-state index contributed by atoms with van der Waals surface area (Å²) in [6.45, 7) is 1.38. The van der Waals surface area contributed by atoms with Gasteiger partial charge in [0.05, 0.1) is 23.8 Å². The first-order valence-corrected chi connectivity index (χ1v) is 10.9. The molecule has 5 rings (SSSR count). The number of furan rings is 1. The van der Waals surface area contributed by atoms with Crippen LogP contribution >= 0.6 is 0 Å². The van der Waals surface area contributed by atoms with Crippen molar-refractivity contribution in [2.45, 2.75) is 50.5 Å². The molecule has 0 saturated carbocycles. The van der Waals surface area contributed by atoms with Crippen LogP contribution in [0.15, 0.2) is 47.1 Å². The molecule has 9 nitrogen and oxygen atoms in total. The number of ether oxygens (including phenoxy) is 2. The lowest BCUT2D eigenvalue weighted by molar-refractivity contribution is -0.277. The molecule has 5 N–H and O–H groups in total. The first kappa shape index (κ1) is 21.9. The van der Waals surface area contributed by atoms with Crippen molar-refractivity contribution < 1.29 is 34.3 Å². The Morgan fingerprint density at radius 2 is 1.88 bits per heavy atom. The lowest BCUT2D eigenvalue weighted by atomic mass is 9.99. The van der Waals surface area contributed by atoms with E-state index in [2.05, 4.69) is 16.3 Å². The summed E-state index contributed by atoms with van der Waals surface area (Å²) in [6, 6.07) is 11.7. The molecule has 5 atom stereocenters. The van der Waals surface area contributed by atoms with E-state index in [-0.39, 0.29) is 0 Å². The summed E-state index contributed by atoms with van der Waals surface area (Å²) < 4.78 is 16.9. The molecule has 33 heavy (non-hydrogen) atoms.